The highest BCUT2D eigenvalue weighted by Gasteiger charge is 2.13. The van der Waals surface area contributed by atoms with Gasteiger partial charge >= 0.3 is 0 Å². The Kier molecular flexibility index (Phi) is 4.13. The van der Waals surface area contributed by atoms with Gasteiger partial charge in [-0.15, -0.1) is 0 Å². The van der Waals surface area contributed by atoms with Gasteiger partial charge in [0.05, 0.1) is 17.5 Å². The maximum absolute atomic E-state index is 6.14. The van der Waals surface area contributed by atoms with Crippen LogP contribution in [-0.4, -0.2) is 12.1 Å². The van der Waals surface area contributed by atoms with Crippen molar-refractivity contribution in [1.29, 1.82) is 0 Å². The molecule has 1 aromatic carbocycles. The lowest BCUT2D eigenvalue weighted by Crippen LogP contribution is -2.21. The molecule has 3 heteroatoms. The molecular weight excluding hydrogens is 224 g/mol. The zero-order valence-corrected chi connectivity index (χ0v) is 11.1. The van der Waals surface area contributed by atoms with Crippen LogP contribution in [0.2, 0.25) is 0 Å². The fourth-order valence-electron chi connectivity index (χ4n) is 2.17. The van der Waals surface area contributed by atoms with Crippen LogP contribution >= 0.6 is 0 Å². The Balaban J connectivity index is 2.10. The van der Waals surface area contributed by atoms with Crippen LogP contribution in [0.3, 0.4) is 0 Å². The van der Waals surface area contributed by atoms with Crippen molar-refractivity contribution in [2.75, 3.05) is 11.1 Å². The summed E-state index contributed by atoms with van der Waals surface area (Å²) < 4.78 is 5.70. The van der Waals surface area contributed by atoms with Crippen molar-refractivity contribution in [3.63, 3.8) is 0 Å². The second kappa shape index (κ2) is 5.80. The third-order valence-corrected chi connectivity index (χ3v) is 3.06. The highest BCUT2D eigenvalue weighted by molar-refractivity contribution is 5.73. The van der Waals surface area contributed by atoms with Crippen LogP contribution in [0.25, 0.3) is 0 Å². The second-order valence-electron chi connectivity index (χ2n) is 5.01. The normalized spacial score (nSPS) is 18.9. The monoisotopic (exact) mass is 246 g/mol. The van der Waals surface area contributed by atoms with Crippen molar-refractivity contribution in [3.05, 3.63) is 30.4 Å². The van der Waals surface area contributed by atoms with E-state index in [1.165, 1.54) is 0 Å². The van der Waals surface area contributed by atoms with E-state index >= 15 is 0 Å². The van der Waals surface area contributed by atoms with E-state index in [0.29, 0.717) is 11.7 Å². The van der Waals surface area contributed by atoms with E-state index < -0.39 is 0 Å². The number of nitrogen functional groups attached to an aromatic ring is 1. The van der Waals surface area contributed by atoms with E-state index in [-0.39, 0.29) is 6.10 Å². The third kappa shape index (κ3) is 3.19. The quantitative estimate of drug-likeness (QED) is 0.630. The number of hydrogen-bond acceptors (Lipinski definition) is 3. The Labute approximate surface area is 109 Å². The number of nitrogens with one attached hydrogen (secondary N) is 1. The summed E-state index contributed by atoms with van der Waals surface area (Å²) in [5.74, 6) is 0.765. The topological polar surface area (TPSA) is 47.3 Å². The minimum Gasteiger partial charge on any atom is -0.489 e. The first-order chi connectivity index (χ1) is 8.66. The second-order valence-corrected chi connectivity index (χ2v) is 5.01. The minimum atomic E-state index is 0.139. The maximum atomic E-state index is 6.14. The van der Waals surface area contributed by atoms with Gasteiger partial charge in [-0.3, -0.25) is 0 Å². The number of allylic oxidation sites excluding steroid dienone is 1. The van der Waals surface area contributed by atoms with E-state index in [4.69, 9.17) is 10.5 Å². The fourth-order valence-corrected chi connectivity index (χ4v) is 2.17. The van der Waals surface area contributed by atoms with Gasteiger partial charge in [0, 0.05) is 6.04 Å². The molecule has 2 rings (SSSR count). The van der Waals surface area contributed by atoms with Gasteiger partial charge < -0.3 is 15.8 Å². The smallest absolute Gasteiger partial charge is 0.144 e. The maximum Gasteiger partial charge on any atom is 0.144 e. The molecule has 1 unspecified atom stereocenters. The average molecular weight is 246 g/mol. The van der Waals surface area contributed by atoms with Crippen LogP contribution in [0.4, 0.5) is 11.4 Å². The third-order valence-electron chi connectivity index (χ3n) is 3.06. The summed E-state index contributed by atoms with van der Waals surface area (Å²) in [6.07, 6.45) is 7.96. The summed E-state index contributed by atoms with van der Waals surface area (Å²) in [6, 6.07) is 6.39. The number of ether oxygens (including phenoxy) is 1. The molecule has 18 heavy (non-hydrogen) atoms. The highest BCUT2D eigenvalue weighted by atomic mass is 16.5. The molecule has 0 bridgehead atoms. The van der Waals surface area contributed by atoms with Crippen LogP contribution in [0.5, 0.6) is 5.75 Å². The van der Waals surface area contributed by atoms with Gasteiger partial charge in [-0.1, -0.05) is 18.2 Å². The van der Waals surface area contributed by atoms with E-state index in [9.17, 15) is 0 Å². The summed E-state index contributed by atoms with van der Waals surface area (Å²) in [5, 5.41) is 3.51. The molecule has 0 aliphatic heterocycles. The molecule has 1 aliphatic rings. The Bertz CT molecular complexity index is 427. The largest absolute Gasteiger partial charge is 0.489 e. The first-order valence-electron chi connectivity index (χ1n) is 6.63. The molecule has 0 spiro atoms. The van der Waals surface area contributed by atoms with Crippen LogP contribution in [0, 0.1) is 0 Å². The molecule has 0 saturated heterocycles. The fraction of sp³-hybridized carbons (Fsp3) is 0.467. The number of rotatable bonds is 4. The molecule has 1 aliphatic carbocycles. The van der Waals surface area contributed by atoms with E-state index in [2.05, 4.69) is 17.5 Å². The molecule has 0 aromatic heterocycles. The summed E-state index contributed by atoms with van der Waals surface area (Å²) in [5.41, 5.74) is 7.83. The van der Waals surface area contributed by atoms with Crippen molar-refractivity contribution < 1.29 is 4.74 Å². The van der Waals surface area contributed by atoms with E-state index in [1.54, 1.807) is 0 Å². The molecule has 0 fully saturated rings. The summed E-state index contributed by atoms with van der Waals surface area (Å²) in [6.45, 7) is 4.01. The molecule has 3 nitrogen and oxygen atoms in total. The van der Waals surface area contributed by atoms with Crippen molar-refractivity contribution in [1.82, 2.24) is 0 Å². The van der Waals surface area contributed by atoms with Gasteiger partial charge in [-0.2, -0.15) is 0 Å². The van der Waals surface area contributed by atoms with Gasteiger partial charge in [0.1, 0.15) is 5.75 Å². The molecule has 1 atom stereocenters. The SMILES string of the molecule is CC(C)Oc1cccc(NC2CC=CCC2)c1N. The van der Waals surface area contributed by atoms with E-state index in [0.717, 1.165) is 30.7 Å². The lowest BCUT2D eigenvalue weighted by atomic mass is 10.0. The molecule has 98 valence electrons. The predicted molar refractivity (Wildman–Crippen MR) is 77.0 cm³/mol. The molecule has 0 radical (unpaired) electrons. The number of benzene rings is 1. The standard InChI is InChI=1S/C15H22N2O/c1-11(2)18-14-10-6-9-13(15(14)16)17-12-7-4-3-5-8-12/h3-4,6,9-12,17H,5,7-8,16H2,1-2H3. The predicted octanol–water partition coefficient (Wildman–Crippen LogP) is 3.58. The minimum absolute atomic E-state index is 0.139. The number of nitrogens with two attached hydrogens (primary N) is 1. The number of hydrogen-bond donors (Lipinski definition) is 2. The lowest BCUT2D eigenvalue weighted by Gasteiger charge is -2.22. The number of para-hydroxylation sites is 1. The Morgan fingerprint density at radius 2 is 2.17 bits per heavy atom. The van der Waals surface area contributed by atoms with Gasteiger partial charge in [0.2, 0.25) is 0 Å². The zero-order valence-electron chi connectivity index (χ0n) is 11.1. The van der Waals surface area contributed by atoms with Gasteiger partial charge in [0.15, 0.2) is 0 Å². The van der Waals surface area contributed by atoms with Crippen molar-refractivity contribution in [2.24, 2.45) is 0 Å². The summed E-state index contributed by atoms with van der Waals surface area (Å²) in [4.78, 5) is 0. The van der Waals surface area contributed by atoms with Crippen molar-refractivity contribution in [3.8, 4) is 5.75 Å². The number of anilines is 2. The highest BCUT2D eigenvalue weighted by Crippen LogP contribution is 2.31. The van der Waals surface area contributed by atoms with E-state index in [1.807, 2.05) is 32.0 Å². The molecule has 1 aromatic rings. The van der Waals surface area contributed by atoms with Crippen molar-refractivity contribution in [2.45, 2.75) is 45.3 Å². The zero-order chi connectivity index (χ0) is 13.0. The summed E-state index contributed by atoms with van der Waals surface area (Å²) in [7, 11) is 0. The molecule has 0 amide bonds. The van der Waals surface area contributed by atoms with Crippen LogP contribution in [-0.2, 0) is 0 Å². The molecule has 0 saturated carbocycles. The average Bonchev–Trinajstić information content (AvgIpc) is 2.35. The van der Waals surface area contributed by atoms with Crippen LogP contribution < -0.4 is 15.8 Å². The van der Waals surface area contributed by atoms with Gasteiger partial charge in [0.25, 0.3) is 0 Å². The molecule has 0 heterocycles. The summed E-state index contributed by atoms with van der Waals surface area (Å²) >= 11 is 0. The van der Waals surface area contributed by atoms with Gasteiger partial charge in [-0.05, 0) is 45.2 Å². The Morgan fingerprint density at radius 3 is 2.83 bits per heavy atom. The first kappa shape index (κ1) is 12.8. The van der Waals surface area contributed by atoms with Gasteiger partial charge in [-0.25, -0.2) is 0 Å². The Hall–Kier alpha value is -1.64. The van der Waals surface area contributed by atoms with Crippen LogP contribution in [0.15, 0.2) is 30.4 Å². The van der Waals surface area contributed by atoms with Crippen molar-refractivity contribution >= 4 is 11.4 Å². The van der Waals surface area contributed by atoms with Crippen LogP contribution in [0.1, 0.15) is 33.1 Å². The first-order valence-corrected chi connectivity index (χ1v) is 6.63. The molecule has 3 N–H and O–H groups in total. The molecular formula is C15H22N2O. The lowest BCUT2D eigenvalue weighted by molar-refractivity contribution is 0.244. The Morgan fingerprint density at radius 1 is 1.33 bits per heavy atom.